The Bertz CT molecular complexity index is 1070. The van der Waals surface area contributed by atoms with Crippen LogP contribution in [0.15, 0.2) is 48.5 Å². The summed E-state index contributed by atoms with van der Waals surface area (Å²) in [6, 6.07) is 17.2. The highest BCUT2D eigenvalue weighted by Gasteiger charge is 2.59. The van der Waals surface area contributed by atoms with Crippen molar-refractivity contribution in [1.82, 2.24) is 14.7 Å². The van der Waals surface area contributed by atoms with Crippen LogP contribution in [0.1, 0.15) is 49.3 Å². The highest BCUT2D eigenvalue weighted by molar-refractivity contribution is 6.07. The molecule has 1 spiro atoms. The smallest absolute Gasteiger partial charge is 0.327 e. The first kappa shape index (κ1) is 22.6. The van der Waals surface area contributed by atoms with Gasteiger partial charge in [-0.15, -0.1) is 0 Å². The van der Waals surface area contributed by atoms with E-state index in [2.05, 4.69) is 46.2 Å². The first-order valence-electron chi connectivity index (χ1n) is 13.4. The fourth-order valence-corrected chi connectivity index (χ4v) is 6.83. The second-order valence-electron chi connectivity index (χ2n) is 10.7. The summed E-state index contributed by atoms with van der Waals surface area (Å²) in [7, 11) is 0. The highest BCUT2D eigenvalue weighted by atomic mass is 16.2. The van der Waals surface area contributed by atoms with Crippen molar-refractivity contribution in [3.63, 3.8) is 0 Å². The van der Waals surface area contributed by atoms with Gasteiger partial charge in [0.15, 0.2) is 0 Å². The molecule has 6 nitrogen and oxygen atoms in total. The van der Waals surface area contributed by atoms with Crippen molar-refractivity contribution < 1.29 is 9.59 Å². The Balaban J connectivity index is 1.12. The summed E-state index contributed by atoms with van der Waals surface area (Å²) in [5.41, 5.74) is 4.51. The van der Waals surface area contributed by atoms with Gasteiger partial charge in [0.1, 0.15) is 5.54 Å². The Morgan fingerprint density at radius 2 is 1.49 bits per heavy atom. The molecule has 2 aromatic carbocycles. The number of benzene rings is 2. The number of likely N-dealkylation sites (N-methyl/N-ethyl adjacent to an activating group) is 1. The molecule has 3 amide bonds. The van der Waals surface area contributed by atoms with Gasteiger partial charge in [0.25, 0.3) is 5.91 Å². The maximum atomic E-state index is 13.9. The Morgan fingerprint density at radius 3 is 2.09 bits per heavy atom. The Kier molecular flexibility index (Phi) is 5.79. The van der Waals surface area contributed by atoms with Crippen LogP contribution in [0.3, 0.4) is 0 Å². The van der Waals surface area contributed by atoms with Crippen LogP contribution < -0.4 is 4.90 Å². The van der Waals surface area contributed by atoms with Gasteiger partial charge in [0.2, 0.25) is 0 Å². The van der Waals surface area contributed by atoms with Crippen LogP contribution >= 0.6 is 0 Å². The predicted octanol–water partition coefficient (Wildman–Crippen LogP) is 4.07. The van der Waals surface area contributed by atoms with Crippen molar-refractivity contribution in [2.75, 3.05) is 37.6 Å². The zero-order chi connectivity index (χ0) is 24.0. The average molecular weight is 473 g/mol. The molecular weight excluding hydrogens is 436 g/mol. The lowest BCUT2D eigenvalue weighted by Crippen LogP contribution is -2.56. The highest BCUT2D eigenvalue weighted by Crippen LogP contribution is 2.40. The van der Waals surface area contributed by atoms with E-state index < -0.39 is 5.54 Å². The zero-order valence-corrected chi connectivity index (χ0v) is 20.8. The molecule has 2 aromatic rings. The van der Waals surface area contributed by atoms with E-state index in [1.54, 1.807) is 4.90 Å². The Hall–Kier alpha value is -2.86. The van der Waals surface area contributed by atoms with Crippen LogP contribution in [0.4, 0.5) is 10.5 Å². The molecule has 1 aliphatic carbocycles. The van der Waals surface area contributed by atoms with E-state index in [4.69, 9.17) is 0 Å². The van der Waals surface area contributed by atoms with Crippen molar-refractivity contribution in [2.45, 2.75) is 63.6 Å². The number of anilines is 1. The molecule has 3 saturated heterocycles. The van der Waals surface area contributed by atoms with Gasteiger partial charge in [-0.3, -0.25) is 14.6 Å². The molecular formula is C29H36N4O2. The van der Waals surface area contributed by atoms with Crippen LogP contribution in [0.25, 0.3) is 0 Å². The number of piperidine rings is 1. The molecule has 0 radical (unpaired) electrons. The van der Waals surface area contributed by atoms with E-state index in [1.807, 2.05) is 24.0 Å². The number of rotatable bonds is 5. The maximum Gasteiger partial charge on any atom is 0.327 e. The number of carbonyl (C=O) groups is 2. The molecule has 6 heteroatoms. The van der Waals surface area contributed by atoms with Crippen LogP contribution in [0.5, 0.6) is 0 Å². The predicted molar refractivity (Wildman–Crippen MR) is 137 cm³/mol. The molecule has 0 saturated carbocycles. The number of likely N-dealkylation sites (tertiary alicyclic amines) is 1. The molecule has 3 aliphatic heterocycles. The molecule has 3 heterocycles. The number of urea groups is 1. The van der Waals surface area contributed by atoms with Crippen LogP contribution in [-0.4, -0.2) is 70.9 Å². The fourth-order valence-electron chi connectivity index (χ4n) is 6.83. The van der Waals surface area contributed by atoms with E-state index >= 15 is 0 Å². The molecule has 0 atom stereocenters. The summed E-state index contributed by atoms with van der Waals surface area (Å²) in [6.07, 6.45) is 5.57. The van der Waals surface area contributed by atoms with Gasteiger partial charge in [-0.1, -0.05) is 36.4 Å². The monoisotopic (exact) mass is 472 g/mol. The summed E-state index contributed by atoms with van der Waals surface area (Å²) < 4.78 is 0. The van der Waals surface area contributed by atoms with E-state index in [0.29, 0.717) is 19.4 Å². The average Bonchev–Trinajstić information content (AvgIpc) is 3.60. The van der Waals surface area contributed by atoms with Crippen molar-refractivity contribution >= 4 is 17.6 Å². The topological polar surface area (TPSA) is 47.1 Å². The summed E-state index contributed by atoms with van der Waals surface area (Å²) in [5, 5.41) is 0. The number of carbonyl (C=O) groups excluding carboxylic acids is 2. The largest absolute Gasteiger partial charge is 0.372 e. The number of hydrogen-bond acceptors (Lipinski definition) is 4. The minimum atomic E-state index is -0.670. The van der Waals surface area contributed by atoms with Crippen LogP contribution in [0.2, 0.25) is 0 Å². The third kappa shape index (κ3) is 3.83. The van der Waals surface area contributed by atoms with E-state index in [0.717, 1.165) is 45.6 Å². The van der Waals surface area contributed by atoms with Gasteiger partial charge in [0, 0.05) is 51.0 Å². The normalized spacial score (nSPS) is 22.6. The Labute approximate surface area is 208 Å². The lowest BCUT2D eigenvalue weighted by Gasteiger charge is -2.42. The molecule has 0 unspecified atom stereocenters. The van der Waals surface area contributed by atoms with Gasteiger partial charge >= 0.3 is 6.03 Å². The van der Waals surface area contributed by atoms with Crippen LogP contribution in [-0.2, 0) is 24.2 Å². The molecule has 0 N–H and O–H groups in total. The number of hydrogen-bond donors (Lipinski definition) is 0. The second-order valence-corrected chi connectivity index (χ2v) is 10.7. The molecule has 6 rings (SSSR count). The number of fused-ring (bicyclic) bond motifs is 1. The first-order chi connectivity index (χ1) is 17.1. The molecule has 35 heavy (non-hydrogen) atoms. The van der Waals surface area contributed by atoms with Crippen molar-refractivity contribution in [1.29, 1.82) is 0 Å². The summed E-state index contributed by atoms with van der Waals surface area (Å²) >= 11 is 0. The van der Waals surface area contributed by atoms with Gasteiger partial charge in [-0.05, 0) is 74.3 Å². The van der Waals surface area contributed by atoms with E-state index in [9.17, 15) is 9.59 Å². The number of amides is 3. The Morgan fingerprint density at radius 1 is 0.857 bits per heavy atom. The van der Waals surface area contributed by atoms with E-state index in [1.165, 1.54) is 35.2 Å². The summed E-state index contributed by atoms with van der Waals surface area (Å²) in [6.45, 7) is 7.49. The molecule has 184 valence electrons. The standard InChI is InChI=1S/C29H36N4O2/c1-2-32-28(35)33(26-19-23-7-3-4-8-24(23)20-26)27(34)29(32)13-17-30(18-14-29)21-22-9-11-25(12-10-22)31-15-5-6-16-31/h3-4,7-12,26H,2,5-6,13-21H2,1H3. The van der Waals surface area contributed by atoms with Gasteiger partial charge in [0.05, 0.1) is 0 Å². The van der Waals surface area contributed by atoms with Gasteiger partial charge < -0.3 is 9.80 Å². The lowest BCUT2D eigenvalue weighted by molar-refractivity contribution is -0.137. The lowest BCUT2D eigenvalue weighted by atomic mass is 9.85. The second kappa shape index (κ2) is 8.98. The zero-order valence-electron chi connectivity index (χ0n) is 20.8. The summed E-state index contributed by atoms with van der Waals surface area (Å²) in [5.74, 6) is 0.0387. The SMILES string of the molecule is CCN1C(=O)N(C2Cc3ccccc3C2)C(=O)C12CCN(Cc1ccc(N3CCCC3)cc1)CC2. The van der Waals surface area contributed by atoms with Crippen molar-refractivity contribution in [2.24, 2.45) is 0 Å². The maximum absolute atomic E-state index is 13.9. The molecule has 3 fully saturated rings. The minimum Gasteiger partial charge on any atom is -0.372 e. The molecule has 0 bridgehead atoms. The van der Waals surface area contributed by atoms with Crippen molar-refractivity contribution in [3.8, 4) is 0 Å². The van der Waals surface area contributed by atoms with Crippen molar-refractivity contribution in [3.05, 3.63) is 65.2 Å². The fraction of sp³-hybridized carbons (Fsp3) is 0.517. The third-order valence-electron chi connectivity index (χ3n) is 8.78. The number of nitrogens with zero attached hydrogens (tertiary/aromatic N) is 4. The molecule has 0 aromatic heterocycles. The number of imide groups is 1. The van der Waals surface area contributed by atoms with Gasteiger partial charge in [-0.25, -0.2) is 4.79 Å². The van der Waals surface area contributed by atoms with Crippen LogP contribution in [0, 0.1) is 0 Å². The quantitative estimate of drug-likeness (QED) is 0.616. The summed E-state index contributed by atoms with van der Waals surface area (Å²) in [4.78, 5) is 35.8. The van der Waals surface area contributed by atoms with E-state index in [-0.39, 0.29) is 18.0 Å². The van der Waals surface area contributed by atoms with Gasteiger partial charge in [-0.2, -0.15) is 0 Å². The first-order valence-corrected chi connectivity index (χ1v) is 13.4. The molecule has 4 aliphatic rings. The minimum absolute atomic E-state index is 0.0387. The third-order valence-corrected chi connectivity index (χ3v) is 8.78.